The second kappa shape index (κ2) is 21.8. The molecule has 13 nitrogen and oxygen atoms in total. The van der Waals surface area contributed by atoms with E-state index in [4.69, 9.17) is 18.9 Å². The third kappa shape index (κ3) is 15.8. The number of hydrogen-bond donors (Lipinski definition) is 4. The lowest BCUT2D eigenvalue weighted by molar-refractivity contribution is -0.149. The summed E-state index contributed by atoms with van der Waals surface area (Å²) in [6.07, 6.45) is -0.749. The molecule has 4 N–H and O–H groups in total. The van der Waals surface area contributed by atoms with Crippen molar-refractivity contribution in [3.8, 4) is 5.75 Å². The van der Waals surface area contributed by atoms with Gasteiger partial charge in [-0.2, -0.15) is 0 Å². The number of carbonyl (C=O) groups is 5. The molecule has 302 valence electrons. The number of ether oxygens (including phenoxy) is 4. The summed E-state index contributed by atoms with van der Waals surface area (Å²) in [4.78, 5) is 66.2. The molecule has 0 saturated heterocycles. The quantitative estimate of drug-likeness (QED) is 0.0940. The van der Waals surface area contributed by atoms with Crippen LogP contribution in [-0.2, 0) is 59.6 Å². The molecule has 0 saturated carbocycles. The number of benzene rings is 4. The van der Waals surface area contributed by atoms with E-state index < -0.39 is 59.6 Å². The first kappa shape index (κ1) is 43.5. The van der Waals surface area contributed by atoms with E-state index in [1.165, 1.54) is 13.8 Å². The molecule has 0 aliphatic heterocycles. The van der Waals surface area contributed by atoms with Gasteiger partial charge in [-0.25, -0.2) is 9.59 Å². The van der Waals surface area contributed by atoms with Gasteiger partial charge in [-0.3, -0.25) is 14.4 Å². The summed E-state index contributed by atoms with van der Waals surface area (Å²) in [7, 11) is 0. The van der Waals surface area contributed by atoms with Crippen LogP contribution in [0.5, 0.6) is 5.75 Å². The number of amides is 4. The van der Waals surface area contributed by atoms with Gasteiger partial charge < -0.3 is 40.2 Å². The van der Waals surface area contributed by atoms with Crippen LogP contribution in [0, 0.1) is 0 Å². The Kier molecular flexibility index (Phi) is 16.6. The van der Waals surface area contributed by atoms with E-state index in [0.717, 1.165) is 16.7 Å². The van der Waals surface area contributed by atoms with Gasteiger partial charge in [0.2, 0.25) is 17.7 Å². The largest absolute Gasteiger partial charge is 0.489 e. The van der Waals surface area contributed by atoms with Gasteiger partial charge in [0.15, 0.2) is 0 Å². The molecule has 4 amide bonds. The van der Waals surface area contributed by atoms with Gasteiger partial charge in [0.25, 0.3) is 0 Å². The van der Waals surface area contributed by atoms with Crippen LogP contribution in [0.3, 0.4) is 0 Å². The van der Waals surface area contributed by atoms with Crippen molar-refractivity contribution < 1.29 is 42.9 Å². The summed E-state index contributed by atoms with van der Waals surface area (Å²) in [5, 5.41) is 10.5. The molecule has 0 aliphatic carbocycles. The summed E-state index contributed by atoms with van der Waals surface area (Å²) < 4.78 is 22.5. The average molecular weight is 781 g/mol. The fourth-order valence-corrected chi connectivity index (χ4v) is 5.31. The van der Waals surface area contributed by atoms with Crippen LogP contribution in [0.1, 0.15) is 56.9 Å². The maximum atomic E-state index is 13.7. The van der Waals surface area contributed by atoms with Crippen LogP contribution in [0.4, 0.5) is 4.79 Å². The van der Waals surface area contributed by atoms with Gasteiger partial charge in [0.1, 0.15) is 48.7 Å². The summed E-state index contributed by atoms with van der Waals surface area (Å²) in [5.74, 6) is -2.11. The van der Waals surface area contributed by atoms with Crippen molar-refractivity contribution in [2.45, 2.75) is 90.6 Å². The lowest BCUT2D eigenvalue weighted by atomic mass is 10.0. The molecule has 0 radical (unpaired) electrons. The molecule has 4 rings (SSSR count). The van der Waals surface area contributed by atoms with E-state index in [1.807, 2.05) is 91.0 Å². The zero-order chi connectivity index (χ0) is 41.2. The predicted octanol–water partition coefficient (Wildman–Crippen LogP) is 5.16. The van der Waals surface area contributed by atoms with E-state index in [-0.39, 0.29) is 26.2 Å². The molecule has 0 aliphatic rings. The smallest absolute Gasteiger partial charge is 0.408 e. The topological polar surface area (TPSA) is 170 Å². The van der Waals surface area contributed by atoms with Crippen LogP contribution >= 0.6 is 0 Å². The Bertz CT molecular complexity index is 1890. The lowest BCUT2D eigenvalue weighted by Gasteiger charge is -2.25. The maximum absolute atomic E-state index is 13.7. The van der Waals surface area contributed by atoms with Crippen LogP contribution in [0.15, 0.2) is 115 Å². The number of alkyl carbamates (subject to hydrolysis) is 1. The Hall–Kier alpha value is -6.21. The molecule has 0 unspecified atom stereocenters. The van der Waals surface area contributed by atoms with Gasteiger partial charge >= 0.3 is 12.1 Å². The Labute approximate surface area is 333 Å². The Morgan fingerprint density at radius 3 is 1.61 bits per heavy atom. The van der Waals surface area contributed by atoms with Gasteiger partial charge in [0, 0.05) is 6.42 Å². The Balaban J connectivity index is 1.40. The SMILES string of the molecule is C[C@@H](NC(=O)[C@H](Cc1ccc(OCc2ccccc2)cc1)NC(=O)OC(C)(C)C)C(=O)N[C@@H](COCc1ccccc1)C(=O)N[C@H](C)C(=O)OCc1ccccc1. The third-order valence-corrected chi connectivity index (χ3v) is 8.34. The summed E-state index contributed by atoms with van der Waals surface area (Å²) >= 11 is 0. The lowest BCUT2D eigenvalue weighted by Crippen LogP contribution is -2.58. The van der Waals surface area contributed by atoms with Gasteiger partial charge in [-0.15, -0.1) is 0 Å². The first-order chi connectivity index (χ1) is 27.3. The molecule has 57 heavy (non-hydrogen) atoms. The molecule has 0 spiro atoms. The molecule has 13 heteroatoms. The van der Waals surface area contributed by atoms with E-state index in [9.17, 15) is 24.0 Å². The van der Waals surface area contributed by atoms with Crippen LogP contribution in [0.25, 0.3) is 0 Å². The maximum Gasteiger partial charge on any atom is 0.408 e. The van der Waals surface area contributed by atoms with Crippen LogP contribution < -0.4 is 26.0 Å². The second-order valence-corrected chi connectivity index (χ2v) is 14.4. The van der Waals surface area contributed by atoms with Gasteiger partial charge in [-0.05, 0) is 69.0 Å². The van der Waals surface area contributed by atoms with Crippen molar-refractivity contribution in [2.24, 2.45) is 0 Å². The zero-order valence-corrected chi connectivity index (χ0v) is 33.0. The molecule has 4 aromatic carbocycles. The summed E-state index contributed by atoms with van der Waals surface area (Å²) in [6.45, 7) is 8.34. The minimum atomic E-state index is -1.25. The predicted molar refractivity (Wildman–Crippen MR) is 214 cm³/mol. The molecular weight excluding hydrogens is 729 g/mol. The molecule has 0 aromatic heterocycles. The zero-order valence-electron chi connectivity index (χ0n) is 33.0. The van der Waals surface area contributed by atoms with Crippen molar-refractivity contribution in [1.29, 1.82) is 0 Å². The molecule has 0 heterocycles. The number of hydrogen-bond acceptors (Lipinski definition) is 9. The minimum Gasteiger partial charge on any atom is -0.489 e. The van der Waals surface area contributed by atoms with Crippen molar-refractivity contribution in [3.05, 3.63) is 138 Å². The molecule has 0 bridgehead atoms. The Morgan fingerprint density at radius 1 is 0.544 bits per heavy atom. The van der Waals surface area contributed by atoms with Crippen molar-refractivity contribution in [2.75, 3.05) is 6.61 Å². The van der Waals surface area contributed by atoms with Crippen LogP contribution in [-0.4, -0.2) is 66.2 Å². The highest BCUT2D eigenvalue weighted by atomic mass is 16.6. The first-order valence-corrected chi connectivity index (χ1v) is 18.7. The average Bonchev–Trinajstić information content (AvgIpc) is 3.19. The number of nitrogens with one attached hydrogen (secondary N) is 4. The van der Waals surface area contributed by atoms with Gasteiger partial charge in [0.05, 0.1) is 13.2 Å². The van der Waals surface area contributed by atoms with E-state index in [1.54, 1.807) is 45.0 Å². The molecule has 4 atom stereocenters. The molecule has 0 fully saturated rings. The fraction of sp³-hybridized carbons (Fsp3) is 0.341. The highest BCUT2D eigenvalue weighted by Crippen LogP contribution is 2.16. The van der Waals surface area contributed by atoms with E-state index in [2.05, 4.69) is 21.3 Å². The standard InChI is InChI=1S/C44H52N4O9/c1-30(45-40(50)37(48-43(53)57-44(3,4)5)25-32-21-23-36(24-22-32)55-27-34-17-11-7-12-18-34)39(49)47-38(29-54-26-33-15-9-6-10-16-33)41(51)46-31(2)42(52)56-28-35-19-13-8-14-20-35/h6-24,30-31,37-38H,25-29H2,1-5H3,(H,45,50)(H,46,51)(H,47,49)(H,48,53)/t30-,31-,37+,38+/m1/s1. The van der Waals surface area contributed by atoms with E-state index >= 15 is 0 Å². The van der Waals surface area contributed by atoms with E-state index in [0.29, 0.717) is 17.9 Å². The molecular formula is C44H52N4O9. The number of carbonyl (C=O) groups excluding carboxylic acids is 5. The van der Waals surface area contributed by atoms with Crippen molar-refractivity contribution in [1.82, 2.24) is 21.3 Å². The number of rotatable bonds is 19. The first-order valence-electron chi connectivity index (χ1n) is 18.7. The summed E-state index contributed by atoms with van der Waals surface area (Å²) in [5.41, 5.74) is 2.52. The van der Waals surface area contributed by atoms with Crippen LogP contribution in [0.2, 0.25) is 0 Å². The number of esters is 1. The highest BCUT2D eigenvalue weighted by Gasteiger charge is 2.30. The Morgan fingerprint density at radius 2 is 1.05 bits per heavy atom. The van der Waals surface area contributed by atoms with Crippen molar-refractivity contribution in [3.63, 3.8) is 0 Å². The summed E-state index contributed by atoms with van der Waals surface area (Å²) in [6, 6.07) is 30.6. The van der Waals surface area contributed by atoms with Crippen molar-refractivity contribution >= 4 is 29.8 Å². The monoisotopic (exact) mass is 780 g/mol. The fourth-order valence-electron chi connectivity index (χ4n) is 5.31. The molecule has 4 aromatic rings. The second-order valence-electron chi connectivity index (χ2n) is 14.4. The minimum absolute atomic E-state index is 0.0235. The highest BCUT2D eigenvalue weighted by molar-refractivity contribution is 5.94. The normalized spacial score (nSPS) is 13.1. The third-order valence-electron chi connectivity index (χ3n) is 8.34. The van der Waals surface area contributed by atoms with Gasteiger partial charge in [-0.1, -0.05) is 103 Å².